The molecule has 0 saturated heterocycles. The third-order valence-electron chi connectivity index (χ3n) is 1.84. The van der Waals surface area contributed by atoms with Crippen LogP contribution in [0.1, 0.15) is 6.92 Å². The average molecular weight is 200 g/mol. The predicted octanol–water partition coefficient (Wildman–Crippen LogP) is 0.257. The zero-order valence-electron chi connectivity index (χ0n) is 9.08. The fourth-order valence-corrected chi connectivity index (χ4v) is 1.04. The number of ether oxygens (including phenoxy) is 1. The number of likely N-dealkylation sites (N-methyl/N-ethyl adjacent to an activating group) is 1. The fourth-order valence-electron chi connectivity index (χ4n) is 1.04. The summed E-state index contributed by atoms with van der Waals surface area (Å²) in [6.45, 7) is 8.59. The Morgan fingerprint density at radius 3 is 2.86 bits per heavy atom. The number of carbonyl (C=O) groups excluding carboxylic acids is 1. The average Bonchev–Trinajstić information content (AvgIpc) is 2.20. The van der Waals surface area contributed by atoms with Gasteiger partial charge in [-0.3, -0.25) is 4.79 Å². The summed E-state index contributed by atoms with van der Waals surface area (Å²) in [5, 5.41) is 3.01. The molecular formula is C10H20N2O2. The topological polar surface area (TPSA) is 41.6 Å². The number of rotatable bonds is 8. The standard InChI is InChI=1S/C10H20N2O2/c1-4-7-12(5-2)10(13)9-11-6-8-14-3/h4,11H,1,5-9H2,2-3H3. The van der Waals surface area contributed by atoms with Crippen molar-refractivity contribution in [2.24, 2.45) is 0 Å². The van der Waals surface area contributed by atoms with Gasteiger partial charge in [-0.25, -0.2) is 0 Å². The lowest BCUT2D eigenvalue weighted by Gasteiger charge is -2.18. The Morgan fingerprint density at radius 2 is 2.36 bits per heavy atom. The Kier molecular flexibility index (Phi) is 8.17. The summed E-state index contributed by atoms with van der Waals surface area (Å²) in [5.41, 5.74) is 0. The Hall–Kier alpha value is -0.870. The summed E-state index contributed by atoms with van der Waals surface area (Å²) >= 11 is 0. The van der Waals surface area contributed by atoms with Gasteiger partial charge < -0.3 is 15.0 Å². The van der Waals surface area contributed by atoms with Gasteiger partial charge in [0.1, 0.15) is 0 Å². The largest absolute Gasteiger partial charge is 0.383 e. The van der Waals surface area contributed by atoms with E-state index in [1.165, 1.54) is 0 Å². The first-order valence-corrected chi connectivity index (χ1v) is 4.84. The first-order valence-electron chi connectivity index (χ1n) is 4.84. The van der Waals surface area contributed by atoms with Crippen molar-refractivity contribution in [1.29, 1.82) is 0 Å². The van der Waals surface area contributed by atoms with E-state index in [2.05, 4.69) is 11.9 Å². The molecule has 0 aromatic heterocycles. The lowest BCUT2D eigenvalue weighted by atomic mass is 10.4. The monoisotopic (exact) mass is 200 g/mol. The number of methoxy groups -OCH3 is 1. The molecule has 0 aliphatic carbocycles. The van der Waals surface area contributed by atoms with Crippen LogP contribution in [0.15, 0.2) is 12.7 Å². The van der Waals surface area contributed by atoms with E-state index in [-0.39, 0.29) is 5.91 Å². The van der Waals surface area contributed by atoms with E-state index in [4.69, 9.17) is 4.74 Å². The van der Waals surface area contributed by atoms with Crippen LogP contribution in [0.3, 0.4) is 0 Å². The van der Waals surface area contributed by atoms with Crippen molar-refractivity contribution in [2.75, 3.05) is 39.9 Å². The van der Waals surface area contributed by atoms with Gasteiger partial charge in [0.15, 0.2) is 0 Å². The van der Waals surface area contributed by atoms with Gasteiger partial charge in [0.25, 0.3) is 0 Å². The van der Waals surface area contributed by atoms with Crippen molar-refractivity contribution in [3.63, 3.8) is 0 Å². The molecule has 0 fully saturated rings. The second-order valence-corrected chi connectivity index (χ2v) is 2.89. The molecule has 0 bridgehead atoms. The molecule has 0 heterocycles. The van der Waals surface area contributed by atoms with Crippen LogP contribution in [-0.2, 0) is 9.53 Å². The van der Waals surface area contributed by atoms with E-state index >= 15 is 0 Å². The van der Waals surface area contributed by atoms with E-state index in [0.717, 1.165) is 6.54 Å². The number of hydrogen-bond acceptors (Lipinski definition) is 3. The van der Waals surface area contributed by atoms with Crippen LogP contribution in [0.25, 0.3) is 0 Å². The first-order chi connectivity index (χ1) is 6.76. The molecule has 0 saturated carbocycles. The number of hydrogen-bond donors (Lipinski definition) is 1. The summed E-state index contributed by atoms with van der Waals surface area (Å²) in [4.78, 5) is 13.2. The Morgan fingerprint density at radius 1 is 1.64 bits per heavy atom. The Labute approximate surface area is 85.9 Å². The molecule has 4 nitrogen and oxygen atoms in total. The van der Waals surface area contributed by atoms with Crippen LogP contribution < -0.4 is 5.32 Å². The van der Waals surface area contributed by atoms with Crippen LogP contribution >= 0.6 is 0 Å². The van der Waals surface area contributed by atoms with E-state index in [0.29, 0.717) is 26.2 Å². The molecule has 0 radical (unpaired) electrons. The molecule has 0 unspecified atom stereocenters. The fraction of sp³-hybridized carbons (Fsp3) is 0.700. The highest BCUT2D eigenvalue weighted by atomic mass is 16.5. The quantitative estimate of drug-likeness (QED) is 0.451. The molecule has 0 aromatic rings. The van der Waals surface area contributed by atoms with E-state index < -0.39 is 0 Å². The number of amides is 1. The maximum atomic E-state index is 11.5. The van der Waals surface area contributed by atoms with Crippen molar-refractivity contribution in [3.05, 3.63) is 12.7 Å². The lowest BCUT2D eigenvalue weighted by Crippen LogP contribution is -2.38. The van der Waals surface area contributed by atoms with E-state index in [1.54, 1.807) is 18.1 Å². The molecule has 0 atom stereocenters. The Balaban J connectivity index is 3.63. The molecule has 0 aromatic carbocycles. The third-order valence-corrected chi connectivity index (χ3v) is 1.84. The first kappa shape index (κ1) is 13.1. The molecule has 0 aliphatic heterocycles. The highest BCUT2D eigenvalue weighted by molar-refractivity contribution is 5.78. The summed E-state index contributed by atoms with van der Waals surface area (Å²) in [6, 6.07) is 0. The number of nitrogens with one attached hydrogen (secondary N) is 1. The maximum absolute atomic E-state index is 11.5. The molecular weight excluding hydrogens is 180 g/mol. The van der Waals surface area contributed by atoms with Crippen LogP contribution in [0.4, 0.5) is 0 Å². The second kappa shape index (κ2) is 8.72. The van der Waals surface area contributed by atoms with Gasteiger partial charge in [-0.05, 0) is 6.92 Å². The minimum atomic E-state index is 0.100. The molecule has 14 heavy (non-hydrogen) atoms. The van der Waals surface area contributed by atoms with Crippen molar-refractivity contribution in [1.82, 2.24) is 10.2 Å². The maximum Gasteiger partial charge on any atom is 0.236 e. The van der Waals surface area contributed by atoms with Gasteiger partial charge >= 0.3 is 0 Å². The highest BCUT2D eigenvalue weighted by Crippen LogP contribution is 1.88. The van der Waals surface area contributed by atoms with Crippen molar-refractivity contribution >= 4 is 5.91 Å². The van der Waals surface area contributed by atoms with E-state index in [1.807, 2.05) is 6.92 Å². The molecule has 4 heteroatoms. The normalized spacial score (nSPS) is 9.86. The molecule has 0 aliphatic rings. The highest BCUT2D eigenvalue weighted by Gasteiger charge is 2.08. The van der Waals surface area contributed by atoms with Gasteiger partial charge in [0, 0.05) is 26.7 Å². The van der Waals surface area contributed by atoms with Gasteiger partial charge in [0.05, 0.1) is 13.2 Å². The van der Waals surface area contributed by atoms with Crippen molar-refractivity contribution < 1.29 is 9.53 Å². The molecule has 0 rings (SSSR count). The predicted molar refractivity (Wildman–Crippen MR) is 57.2 cm³/mol. The van der Waals surface area contributed by atoms with Crippen LogP contribution in [0.2, 0.25) is 0 Å². The minimum Gasteiger partial charge on any atom is -0.383 e. The molecule has 0 spiro atoms. The summed E-state index contributed by atoms with van der Waals surface area (Å²) in [6.07, 6.45) is 1.73. The zero-order valence-corrected chi connectivity index (χ0v) is 9.08. The summed E-state index contributed by atoms with van der Waals surface area (Å²) in [5.74, 6) is 0.100. The van der Waals surface area contributed by atoms with Gasteiger partial charge in [0.2, 0.25) is 5.91 Å². The van der Waals surface area contributed by atoms with Crippen LogP contribution in [-0.4, -0.2) is 50.7 Å². The smallest absolute Gasteiger partial charge is 0.236 e. The Bertz CT molecular complexity index is 172. The van der Waals surface area contributed by atoms with E-state index in [9.17, 15) is 4.79 Å². The lowest BCUT2D eigenvalue weighted by molar-refractivity contribution is -0.129. The molecule has 1 amide bonds. The van der Waals surface area contributed by atoms with Crippen LogP contribution in [0, 0.1) is 0 Å². The number of nitrogens with zero attached hydrogens (tertiary/aromatic N) is 1. The van der Waals surface area contributed by atoms with Crippen molar-refractivity contribution in [2.45, 2.75) is 6.92 Å². The third kappa shape index (κ3) is 5.72. The van der Waals surface area contributed by atoms with Gasteiger partial charge in [-0.15, -0.1) is 6.58 Å². The minimum absolute atomic E-state index is 0.100. The molecule has 82 valence electrons. The SMILES string of the molecule is C=CCN(CC)C(=O)CNCCOC. The van der Waals surface area contributed by atoms with Gasteiger partial charge in [-0.2, -0.15) is 0 Å². The zero-order chi connectivity index (χ0) is 10.8. The number of carbonyl (C=O) groups is 1. The summed E-state index contributed by atoms with van der Waals surface area (Å²) < 4.78 is 4.85. The summed E-state index contributed by atoms with van der Waals surface area (Å²) in [7, 11) is 1.64. The second-order valence-electron chi connectivity index (χ2n) is 2.89. The van der Waals surface area contributed by atoms with Crippen molar-refractivity contribution in [3.8, 4) is 0 Å². The van der Waals surface area contributed by atoms with Crippen LogP contribution in [0.5, 0.6) is 0 Å². The van der Waals surface area contributed by atoms with Gasteiger partial charge in [-0.1, -0.05) is 6.08 Å². The molecule has 1 N–H and O–H groups in total.